The van der Waals surface area contributed by atoms with Gasteiger partial charge in [0.15, 0.2) is 0 Å². The lowest BCUT2D eigenvalue weighted by Gasteiger charge is -2.34. The fourth-order valence-electron chi connectivity index (χ4n) is 2.69. The lowest BCUT2D eigenvalue weighted by molar-refractivity contribution is 0.239. The van der Waals surface area contributed by atoms with E-state index >= 15 is 0 Å². The van der Waals surface area contributed by atoms with E-state index in [1.807, 2.05) is 0 Å². The number of nitrogens with zero attached hydrogens (tertiary/aromatic N) is 1. The number of hydrogen-bond acceptors (Lipinski definition) is 2. The van der Waals surface area contributed by atoms with Gasteiger partial charge in [-0.05, 0) is 25.3 Å². The Morgan fingerprint density at radius 3 is 2.89 bits per heavy atom. The smallest absolute Gasteiger partial charge is 0.244 e. The molecule has 0 aliphatic carbocycles. The number of nitrogens with one attached hydrogen (secondary N) is 1. The summed E-state index contributed by atoms with van der Waals surface area (Å²) in [6.07, 6.45) is 6.54. The number of hydrogen-bond donors (Lipinski definition) is 1. The zero-order valence-electron chi connectivity index (χ0n) is 11.2. The summed E-state index contributed by atoms with van der Waals surface area (Å²) in [5.74, 6) is 0.300. The van der Waals surface area contributed by atoms with Gasteiger partial charge in [-0.25, -0.2) is 8.42 Å². The molecule has 2 rings (SSSR count). The molecule has 19 heavy (non-hydrogen) atoms. The molecule has 4 nitrogen and oxygen atoms in total. The zero-order valence-corrected chi connectivity index (χ0v) is 12.8. The number of alkyl halides is 1. The van der Waals surface area contributed by atoms with E-state index in [4.69, 9.17) is 11.6 Å². The number of aromatic nitrogens is 1. The standard InChI is InChI=1S/C13H21ClN2O2S/c1-2-5-12-6-3-4-7-16(12)19(17,18)13-8-11(9-14)15-10-13/h8,10,12,15H,2-7,9H2,1H3. The number of aromatic amines is 1. The van der Waals surface area contributed by atoms with E-state index in [9.17, 15) is 8.42 Å². The van der Waals surface area contributed by atoms with Crippen molar-refractivity contribution in [1.82, 2.24) is 9.29 Å². The second-order valence-corrected chi connectivity index (χ2v) is 7.21. The van der Waals surface area contributed by atoms with Gasteiger partial charge in [-0.2, -0.15) is 4.31 Å². The van der Waals surface area contributed by atoms with Crippen LogP contribution in [0.2, 0.25) is 0 Å². The molecule has 1 atom stereocenters. The van der Waals surface area contributed by atoms with Crippen LogP contribution < -0.4 is 0 Å². The summed E-state index contributed by atoms with van der Waals surface area (Å²) in [5, 5.41) is 0. The van der Waals surface area contributed by atoms with E-state index in [0.717, 1.165) is 37.8 Å². The molecule has 1 N–H and O–H groups in total. The normalized spacial score (nSPS) is 21.7. The lowest BCUT2D eigenvalue weighted by Crippen LogP contribution is -2.43. The van der Waals surface area contributed by atoms with Crippen LogP contribution in [0.4, 0.5) is 0 Å². The Morgan fingerprint density at radius 1 is 1.47 bits per heavy atom. The predicted molar refractivity (Wildman–Crippen MR) is 76.8 cm³/mol. The number of H-pyrrole nitrogens is 1. The first-order valence-corrected chi connectivity index (χ1v) is 8.82. The Labute approximate surface area is 120 Å². The van der Waals surface area contributed by atoms with E-state index in [0.29, 0.717) is 17.3 Å². The first kappa shape index (κ1) is 14.9. The lowest BCUT2D eigenvalue weighted by atomic mass is 10.0. The third kappa shape index (κ3) is 3.15. The Balaban J connectivity index is 2.25. The Hall–Kier alpha value is -0.520. The van der Waals surface area contributed by atoms with Crippen LogP contribution in [-0.4, -0.2) is 30.3 Å². The minimum absolute atomic E-state index is 0.151. The number of rotatable bonds is 5. The minimum Gasteiger partial charge on any atom is -0.363 e. The minimum atomic E-state index is -3.38. The van der Waals surface area contributed by atoms with Gasteiger partial charge in [-0.15, -0.1) is 11.6 Å². The monoisotopic (exact) mass is 304 g/mol. The van der Waals surface area contributed by atoms with Crippen LogP contribution >= 0.6 is 11.6 Å². The first-order chi connectivity index (χ1) is 9.09. The van der Waals surface area contributed by atoms with Crippen LogP contribution in [0.25, 0.3) is 0 Å². The zero-order chi connectivity index (χ0) is 13.9. The van der Waals surface area contributed by atoms with Crippen molar-refractivity contribution in [3.05, 3.63) is 18.0 Å². The second-order valence-electron chi connectivity index (χ2n) is 5.05. The highest BCUT2D eigenvalue weighted by Crippen LogP contribution is 2.28. The van der Waals surface area contributed by atoms with E-state index in [2.05, 4.69) is 11.9 Å². The van der Waals surface area contributed by atoms with Crippen molar-refractivity contribution in [1.29, 1.82) is 0 Å². The van der Waals surface area contributed by atoms with Crippen LogP contribution in [-0.2, 0) is 15.9 Å². The summed E-state index contributed by atoms with van der Waals surface area (Å²) in [6, 6.07) is 1.79. The third-order valence-electron chi connectivity index (χ3n) is 3.66. The van der Waals surface area contributed by atoms with Gasteiger partial charge in [0.25, 0.3) is 0 Å². The number of piperidine rings is 1. The van der Waals surface area contributed by atoms with E-state index < -0.39 is 10.0 Å². The highest BCUT2D eigenvalue weighted by molar-refractivity contribution is 7.89. The molecule has 6 heteroatoms. The topological polar surface area (TPSA) is 53.2 Å². The van der Waals surface area contributed by atoms with Crippen molar-refractivity contribution in [3.63, 3.8) is 0 Å². The fourth-order valence-corrected chi connectivity index (χ4v) is 4.59. The van der Waals surface area contributed by atoms with Crippen LogP contribution in [0.15, 0.2) is 17.2 Å². The average molecular weight is 305 g/mol. The molecule has 1 saturated heterocycles. The van der Waals surface area contributed by atoms with E-state index in [-0.39, 0.29) is 6.04 Å². The molecule has 0 bridgehead atoms. The third-order valence-corrected chi connectivity index (χ3v) is 5.88. The van der Waals surface area contributed by atoms with Crippen molar-refractivity contribution < 1.29 is 8.42 Å². The van der Waals surface area contributed by atoms with Crippen molar-refractivity contribution in [2.24, 2.45) is 0 Å². The fraction of sp³-hybridized carbons (Fsp3) is 0.692. The molecule has 1 unspecified atom stereocenters. The molecular formula is C13H21ClN2O2S. The highest BCUT2D eigenvalue weighted by Gasteiger charge is 2.33. The van der Waals surface area contributed by atoms with Gasteiger partial charge in [0.1, 0.15) is 0 Å². The van der Waals surface area contributed by atoms with Crippen LogP contribution in [0.3, 0.4) is 0 Å². The van der Waals surface area contributed by atoms with Crippen molar-refractivity contribution in [2.45, 2.75) is 55.8 Å². The van der Waals surface area contributed by atoms with Gasteiger partial charge in [0.2, 0.25) is 10.0 Å². The quantitative estimate of drug-likeness (QED) is 0.850. The molecule has 1 aromatic rings. The number of sulfonamides is 1. The predicted octanol–water partition coefficient (Wildman–Crippen LogP) is 3.10. The second kappa shape index (κ2) is 6.29. The first-order valence-electron chi connectivity index (χ1n) is 6.84. The molecule has 1 aliphatic rings. The highest BCUT2D eigenvalue weighted by atomic mass is 35.5. The van der Waals surface area contributed by atoms with Crippen LogP contribution in [0.1, 0.15) is 44.7 Å². The van der Waals surface area contributed by atoms with Crippen molar-refractivity contribution >= 4 is 21.6 Å². The van der Waals surface area contributed by atoms with Gasteiger partial charge in [0, 0.05) is 24.5 Å². The van der Waals surface area contributed by atoms with Gasteiger partial charge < -0.3 is 4.98 Å². The molecule has 0 aromatic carbocycles. The maximum atomic E-state index is 12.7. The molecule has 0 amide bonds. The molecular weight excluding hydrogens is 284 g/mol. The van der Waals surface area contributed by atoms with E-state index in [1.165, 1.54) is 0 Å². The van der Waals surface area contributed by atoms with Crippen LogP contribution in [0, 0.1) is 0 Å². The molecule has 0 spiro atoms. The summed E-state index contributed by atoms with van der Waals surface area (Å²) in [5.41, 5.74) is 0.740. The molecule has 1 fully saturated rings. The molecule has 108 valence electrons. The Morgan fingerprint density at radius 2 is 2.26 bits per heavy atom. The average Bonchev–Trinajstić information content (AvgIpc) is 2.89. The summed E-state index contributed by atoms with van der Waals surface area (Å²) < 4.78 is 27.0. The summed E-state index contributed by atoms with van der Waals surface area (Å²) >= 11 is 5.71. The molecule has 0 saturated carbocycles. The maximum Gasteiger partial charge on any atom is 0.244 e. The Kier molecular flexibility index (Phi) is 4.92. The molecule has 1 aliphatic heterocycles. The van der Waals surface area contributed by atoms with Gasteiger partial charge >= 0.3 is 0 Å². The summed E-state index contributed by atoms with van der Waals surface area (Å²) in [6.45, 7) is 2.73. The van der Waals surface area contributed by atoms with Gasteiger partial charge in [-0.3, -0.25) is 0 Å². The Bertz CT molecular complexity index is 510. The van der Waals surface area contributed by atoms with E-state index in [1.54, 1.807) is 16.6 Å². The molecule has 0 radical (unpaired) electrons. The number of halogens is 1. The maximum absolute atomic E-state index is 12.7. The largest absolute Gasteiger partial charge is 0.363 e. The summed E-state index contributed by atoms with van der Waals surface area (Å²) in [4.78, 5) is 3.25. The van der Waals surface area contributed by atoms with Gasteiger partial charge in [0.05, 0.1) is 10.8 Å². The summed E-state index contributed by atoms with van der Waals surface area (Å²) in [7, 11) is -3.38. The van der Waals surface area contributed by atoms with Crippen LogP contribution in [0.5, 0.6) is 0 Å². The van der Waals surface area contributed by atoms with Crippen molar-refractivity contribution in [2.75, 3.05) is 6.54 Å². The molecule has 2 heterocycles. The SMILES string of the molecule is CCCC1CCCCN1S(=O)(=O)c1c[nH]c(CCl)c1. The van der Waals surface area contributed by atoms with Crippen molar-refractivity contribution in [3.8, 4) is 0 Å². The van der Waals surface area contributed by atoms with Gasteiger partial charge in [-0.1, -0.05) is 19.8 Å². The molecule has 1 aromatic heterocycles.